The van der Waals surface area contributed by atoms with Gasteiger partial charge < -0.3 is 76.5 Å². The van der Waals surface area contributed by atoms with Gasteiger partial charge in [0.25, 0.3) is 0 Å². The van der Waals surface area contributed by atoms with Crippen LogP contribution in [0.5, 0.6) is 0 Å². The van der Waals surface area contributed by atoms with E-state index in [1.807, 2.05) is 0 Å². The van der Waals surface area contributed by atoms with E-state index in [4.69, 9.17) is 0 Å². The smallest absolute Gasteiger partial charge is 0.151 e. The van der Waals surface area contributed by atoms with Crippen LogP contribution in [0.2, 0.25) is 0 Å². The predicted octanol–water partition coefficient (Wildman–Crippen LogP) is -8.17. The minimum atomic E-state index is -4.44. The molecule has 0 fully saturated rings. The lowest BCUT2D eigenvalue weighted by Crippen LogP contribution is -2.58. The summed E-state index contributed by atoms with van der Waals surface area (Å²) in [6.45, 7) is 1.48. The van der Waals surface area contributed by atoms with Crippen LogP contribution in [0, 0.1) is 0 Å². The lowest BCUT2D eigenvalue weighted by molar-refractivity contribution is -0.360. The maximum absolute atomic E-state index is 11.1. The van der Waals surface area contributed by atoms with Crippen LogP contribution in [0.1, 0.15) is 13.8 Å². The average Bonchev–Trinajstić information content (AvgIpc) is 2.54. The molecule has 0 aliphatic rings. The van der Waals surface area contributed by atoms with Gasteiger partial charge in [-0.1, -0.05) is 0 Å². The Bertz CT molecular complexity index is 561. The van der Waals surface area contributed by atoms with Crippen molar-refractivity contribution in [1.82, 2.24) is 0 Å². The molecule has 0 saturated heterocycles. The third-order valence-electron chi connectivity index (χ3n) is 3.76. The highest BCUT2D eigenvalue weighted by Gasteiger charge is 2.44. The molecule has 0 heterocycles. The van der Waals surface area contributed by atoms with E-state index in [1.165, 1.54) is 0 Å². The van der Waals surface area contributed by atoms with Crippen molar-refractivity contribution < 1.29 is 76.5 Å². The Kier molecular flexibility index (Phi) is 12.5. The monoisotopic (exact) mass is 482 g/mol. The first-order chi connectivity index (χ1) is 11.2. The molecule has 0 amide bonds. The molecular weight excluding hydrogens is 452 g/mol. The van der Waals surface area contributed by atoms with Crippen molar-refractivity contribution in [2.45, 2.75) is 24.0 Å². The topological polar surface area (TPSA) is 343 Å². The Labute approximate surface area is 155 Å². The minimum absolute atomic E-state index is 0. The van der Waals surface area contributed by atoms with Crippen LogP contribution in [0.15, 0.2) is 0 Å². The summed E-state index contributed by atoms with van der Waals surface area (Å²) < 4.78 is 44.6. The van der Waals surface area contributed by atoms with Crippen LogP contribution < -0.4 is 42.5 Å². The molecule has 0 aromatic carbocycles. The van der Waals surface area contributed by atoms with Crippen LogP contribution in [0.3, 0.4) is 0 Å². The van der Waals surface area contributed by atoms with E-state index < -0.39 is 64.8 Å². The van der Waals surface area contributed by atoms with Gasteiger partial charge in [0.1, 0.15) is 54.6 Å². The second kappa shape index (κ2) is 10.5. The fourth-order valence-corrected chi connectivity index (χ4v) is 7.92. The molecule has 0 aliphatic heterocycles. The van der Waals surface area contributed by atoms with Gasteiger partial charge in [0.15, 0.2) is 10.2 Å². The molecule has 4 unspecified atom stereocenters. The summed E-state index contributed by atoms with van der Waals surface area (Å²) in [6.07, 6.45) is -2.59. The van der Waals surface area contributed by atoms with Crippen molar-refractivity contribution in [3.8, 4) is 0 Å². The summed E-state index contributed by atoms with van der Waals surface area (Å²) in [7, 11) is -17.7. The van der Waals surface area contributed by atoms with Crippen molar-refractivity contribution in [2.75, 3.05) is 25.1 Å². The summed E-state index contributed by atoms with van der Waals surface area (Å²) >= 11 is 0. The highest BCUT2D eigenvalue weighted by atomic mass is 31.2. The first-order valence-electron chi connectivity index (χ1n) is 7.07. The van der Waals surface area contributed by atoms with Crippen molar-refractivity contribution in [2.24, 2.45) is 0 Å². The summed E-state index contributed by atoms with van der Waals surface area (Å²) in [5, 5.41) is 13.2. The van der Waals surface area contributed by atoms with Crippen molar-refractivity contribution in [3.63, 3.8) is 0 Å². The molecule has 15 nitrogen and oxygen atoms in total. The van der Waals surface area contributed by atoms with Gasteiger partial charge in [0.2, 0.25) is 0 Å². The predicted molar refractivity (Wildman–Crippen MR) is 86.3 cm³/mol. The molecular formula is C8H30N4O11P4. The molecule has 0 aromatic rings. The first-order valence-corrected chi connectivity index (χ1v) is 14.3. The molecule has 0 aromatic heterocycles. The van der Waals surface area contributed by atoms with Crippen LogP contribution in [0.4, 0.5) is 0 Å². The number of quaternary nitrogens is 4. The van der Waals surface area contributed by atoms with E-state index in [-0.39, 0.29) is 5.48 Å². The van der Waals surface area contributed by atoms with E-state index in [1.54, 1.807) is 0 Å². The van der Waals surface area contributed by atoms with Gasteiger partial charge in [-0.25, -0.2) is 0 Å². The summed E-state index contributed by atoms with van der Waals surface area (Å²) in [6, 6.07) is 0. The van der Waals surface area contributed by atoms with Crippen molar-refractivity contribution in [3.05, 3.63) is 0 Å². The minimum Gasteiger partial charge on any atom is -0.793 e. The number of rotatable bonds is 8. The molecule has 0 saturated carbocycles. The molecule has 0 aliphatic carbocycles. The van der Waals surface area contributed by atoms with Crippen molar-refractivity contribution in [1.29, 1.82) is 0 Å². The third kappa shape index (κ3) is 6.75. The summed E-state index contributed by atoms with van der Waals surface area (Å²) in [4.78, 5) is 44.6. The van der Waals surface area contributed by atoms with Crippen LogP contribution in [-0.4, -0.2) is 51.0 Å². The van der Waals surface area contributed by atoms with E-state index in [2.05, 4.69) is 22.9 Å². The Balaban J connectivity index is -0.000000411. The summed E-state index contributed by atoms with van der Waals surface area (Å²) in [5.41, 5.74) is 12.2. The fourth-order valence-electron chi connectivity index (χ4n) is 1.31. The molecule has 27 heavy (non-hydrogen) atoms. The molecule has 19 heteroatoms. The maximum Gasteiger partial charge on any atom is 0.151 e. The van der Waals surface area contributed by atoms with Crippen LogP contribution in [0.25, 0.3) is 0 Å². The lowest BCUT2D eigenvalue weighted by Gasteiger charge is -2.42. The Morgan fingerprint density at radius 3 is 0.815 bits per heavy atom. The molecule has 0 rings (SSSR count). The van der Waals surface area contributed by atoms with Gasteiger partial charge in [-0.05, 0) is 13.8 Å². The highest BCUT2D eigenvalue weighted by molar-refractivity contribution is 7.76. The molecule has 16 N–H and O–H groups in total. The van der Waals surface area contributed by atoms with Gasteiger partial charge in [-0.2, -0.15) is 0 Å². The second-order valence-corrected chi connectivity index (χ2v) is 16.9. The SMILES string of the molecule is CC(O)(P(=O)([O-])C[NH3+])P(=O)([O-])C[NH3+].CC(O)(P(=O)([O-])C[NH3+])P(=O)([O-])C[NH3+].O. The van der Waals surface area contributed by atoms with Gasteiger partial charge in [0.05, 0.1) is 0 Å². The number of aliphatic hydroxyl groups is 2. The average molecular weight is 482 g/mol. The zero-order valence-corrected chi connectivity index (χ0v) is 18.7. The quantitative estimate of drug-likeness (QED) is 0.177. The van der Waals surface area contributed by atoms with Crippen LogP contribution in [-0.2, 0) is 18.3 Å². The summed E-state index contributed by atoms with van der Waals surface area (Å²) in [5.74, 6) is 0. The van der Waals surface area contributed by atoms with Gasteiger partial charge in [-0.15, -0.1) is 0 Å². The normalized spacial score (nSPS) is 24.7. The third-order valence-corrected chi connectivity index (χ3v) is 14.9. The van der Waals surface area contributed by atoms with Crippen LogP contribution >= 0.6 is 29.5 Å². The molecule has 0 bridgehead atoms. The maximum atomic E-state index is 11.1. The Morgan fingerprint density at radius 2 is 0.741 bits per heavy atom. The zero-order chi connectivity index (χ0) is 21.8. The van der Waals surface area contributed by atoms with Gasteiger partial charge in [-0.3, -0.25) is 0 Å². The van der Waals surface area contributed by atoms with Gasteiger partial charge in [0, 0.05) is 0 Å². The van der Waals surface area contributed by atoms with E-state index in [0.717, 1.165) is 13.8 Å². The zero-order valence-electron chi connectivity index (χ0n) is 15.1. The fraction of sp³-hybridized carbons (Fsp3) is 1.00. The standard InChI is InChI=1S/2C4H14N2O5P2.H2O/c2*1-4(7,12(8,9)2-5)13(10,11)3-6;/h2*7H,2-3,5-6H2,1H3,(H,8,9)(H,10,11);1H2. The van der Waals surface area contributed by atoms with Gasteiger partial charge >= 0.3 is 0 Å². The van der Waals surface area contributed by atoms with E-state index in [9.17, 15) is 48.0 Å². The second-order valence-electron chi connectivity index (χ2n) is 5.53. The Morgan fingerprint density at radius 1 is 0.630 bits per heavy atom. The molecule has 0 spiro atoms. The Hall–Kier alpha value is 0.480. The first kappa shape index (κ1) is 32.2. The highest BCUT2D eigenvalue weighted by Crippen LogP contribution is 2.65. The number of hydrogen-bond donors (Lipinski definition) is 6. The number of hydrogen-bond acceptors (Lipinski definition) is 10. The van der Waals surface area contributed by atoms with Crippen molar-refractivity contribution >= 4 is 29.5 Å². The molecule has 168 valence electrons. The molecule has 0 radical (unpaired) electrons. The molecule has 4 atom stereocenters. The lowest BCUT2D eigenvalue weighted by atomic mass is 10.8. The van der Waals surface area contributed by atoms with E-state index >= 15 is 0 Å². The largest absolute Gasteiger partial charge is 0.793 e. The van der Waals surface area contributed by atoms with E-state index in [0.29, 0.717) is 0 Å².